The van der Waals surface area contributed by atoms with Crippen molar-refractivity contribution in [3.05, 3.63) is 58.7 Å². The molecule has 3 N–H and O–H groups in total. The maximum absolute atomic E-state index is 12.4. The Morgan fingerprint density at radius 3 is 2.00 bits per heavy atom. The van der Waals surface area contributed by atoms with E-state index in [1.54, 1.807) is 12.1 Å². The first-order valence-electron chi connectivity index (χ1n) is 5.90. The Bertz CT molecular complexity index is 927. The molecular formula is C14H10NNaO5S. The van der Waals surface area contributed by atoms with Crippen LogP contribution in [0.3, 0.4) is 0 Å². The molecular weight excluding hydrogens is 317 g/mol. The minimum absolute atomic E-state index is 0. The number of hydrogen-bond donors (Lipinski definition) is 2. The van der Waals surface area contributed by atoms with Gasteiger partial charge in [0.15, 0.2) is 11.6 Å². The van der Waals surface area contributed by atoms with E-state index < -0.39 is 32.3 Å². The van der Waals surface area contributed by atoms with E-state index in [-0.39, 0.29) is 53.2 Å². The predicted molar refractivity (Wildman–Crippen MR) is 75.1 cm³/mol. The molecule has 0 saturated heterocycles. The number of nitrogens with two attached hydrogens (primary N) is 1. The van der Waals surface area contributed by atoms with Crippen LogP contribution in [0.15, 0.2) is 41.3 Å². The van der Waals surface area contributed by atoms with Crippen molar-refractivity contribution in [2.24, 2.45) is 0 Å². The van der Waals surface area contributed by atoms with Crippen LogP contribution in [0.2, 0.25) is 0 Å². The molecule has 0 radical (unpaired) electrons. The number of rotatable bonds is 1. The maximum atomic E-state index is 12.4. The second-order valence-corrected chi connectivity index (χ2v) is 5.97. The minimum Gasteiger partial charge on any atom is -1.00 e. The molecule has 0 bridgehead atoms. The minimum atomic E-state index is -4.57. The van der Waals surface area contributed by atoms with Crippen molar-refractivity contribution in [2.45, 2.75) is 4.90 Å². The topological polar surface area (TPSA) is 115 Å². The molecule has 1 aliphatic carbocycles. The van der Waals surface area contributed by atoms with Gasteiger partial charge in [0.1, 0.15) is 4.90 Å². The Labute approximate surface area is 149 Å². The maximum Gasteiger partial charge on any atom is 1.00 e. The van der Waals surface area contributed by atoms with E-state index in [0.29, 0.717) is 0 Å². The largest absolute Gasteiger partial charge is 1.00 e. The monoisotopic (exact) mass is 327 g/mol. The molecule has 2 aromatic carbocycles. The number of fused-ring (bicyclic) bond motifs is 2. The summed E-state index contributed by atoms with van der Waals surface area (Å²) in [7, 11) is -4.57. The second-order valence-electron chi connectivity index (χ2n) is 4.58. The number of carbonyl (C=O) groups excluding carboxylic acids is 2. The van der Waals surface area contributed by atoms with Gasteiger partial charge in [0, 0.05) is 16.7 Å². The van der Waals surface area contributed by atoms with Gasteiger partial charge >= 0.3 is 29.6 Å². The van der Waals surface area contributed by atoms with Crippen LogP contribution in [0.1, 0.15) is 33.3 Å². The van der Waals surface area contributed by atoms with E-state index in [1.807, 2.05) is 0 Å². The molecule has 0 heterocycles. The normalized spacial score (nSPS) is 13.1. The summed E-state index contributed by atoms with van der Waals surface area (Å²) >= 11 is 0. The first kappa shape index (κ1) is 16.9. The molecule has 2 aromatic rings. The number of ketones is 2. The van der Waals surface area contributed by atoms with Gasteiger partial charge in [0.25, 0.3) is 10.1 Å². The Hall–Kier alpha value is -1.51. The molecule has 0 aromatic heterocycles. The molecule has 1 aliphatic rings. The fourth-order valence-corrected chi connectivity index (χ4v) is 3.04. The van der Waals surface area contributed by atoms with E-state index in [2.05, 4.69) is 0 Å². The zero-order chi connectivity index (χ0) is 15.4. The van der Waals surface area contributed by atoms with Crippen LogP contribution in [0.5, 0.6) is 0 Å². The van der Waals surface area contributed by atoms with Crippen molar-refractivity contribution in [3.8, 4) is 0 Å². The summed E-state index contributed by atoms with van der Waals surface area (Å²) < 4.78 is 31.6. The van der Waals surface area contributed by atoms with Crippen LogP contribution in [0, 0.1) is 0 Å². The third kappa shape index (κ3) is 2.41. The van der Waals surface area contributed by atoms with Crippen LogP contribution in [0.25, 0.3) is 0 Å². The molecule has 8 heteroatoms. The summed E-state index contributed by atoms with van der Waals surface area (Å²) in [5, 5.41) is 0. The third-order valence-corrected chi connectivity index (χ3v) is 4.28. The Morgan fingerprint density at radius 2 is 1.45 bits per heavy atom. The number of anilines is 1. The number of nitrogen functional groups attached to an aromatic ring is 1. The van der Waals surface area contributed by atoms with E-state index >= 15 is 0 Å². The van der Waals surface area contributed by atoms with Crippen LogP contribution < -0.4 is 35.3 Å². The van der Waals surface area contributed by atoms with Crippen molar-refractivity contribution in [1.82, 2.24) is 0 Å². The molecule has 0 unspecified atom stereocenters. The van der Waals surface area contributed by atoms with E-state index in [9.17, 15) is 18.0 Å². The smallest absolute Gasteiger partial charge is 1.00 e. The average Bonchev–Trinajstić information content (AvgIpc) is 2.43. The molecule has 108 valence electrons. The van der Waals surface area contributed by atoms with Gasteiger partial charge in [-0.3, -0.25) is 14.1 Å². The summed E-state index contributed by atoms with van der Waals surface area (Å²) in [5.74, 6) is -0.947. The van der Waals surface area contributed by atoms with Crippen molar-refractivity contribution < 1.29 is 53.5 Å². The first-order chi connectivity index (χ1) is 9.82. The fraction of sp³-hybridized carbons (Fsp3) is 0. The summed E-state index contributed by atoms with van der Waals surface area (Å²) in [6.45, 7) is 0. The SMILES string of the molecule is Nc1c(S(=O)(=O)O)ccc2c1C(=O)c1ccccc1C2=O.[H-].[Na+]. The van der Waals surface area contributed by atoms with Crippen LogP contribution in [-0.4, -0.2) is 24.5 Å². The Kier molecular flexibility index (Phi) is 4.29. The molecule has 0 fully saturated rings. The Morgan fingerprint density at radius 1 is 0.909 bits per heavy atom. The van der Waals surface area contributed by atoms with Gasteiger partial charge in [-0.2, -0.15) is 8.42 Å². The predicted octanol–water partition coefficient (Wildman–Crippen LogP) is -1.59. The summed E-state index contributed by atoms with van der Waals surface area (Å²) in [4.78, 5) is 24.2. The van der Waals surface area contributed by atoms with Crippen molar-refractivity contribution in [2.75, 3.05) is 5.73 Å². The standard InChI is InChI=1S/C14H9NO5S.Na.H/c15-12-10(21(18,19)20)6-5-9-11(12)14(17)8-4-2-1-3-7(8)13(9)16;;/h1-6H,15H2,(H,18,19,20);;/q;+1;-1. The molecule has 0 spiro atoms. The van der Waals surface area contributed by atoms with Gasteiger partial charge in [-0.05, 0) is 12.1 Å². The molecule has 0 atom stereocenters. The number of hydrogen-bond acceptors (Lipinski definition) is 5. The van der Waals surface area contributed by atoms with Crippen LogP contribution in [-0.2, 0) is 10.1 Å². The summed E-state index contributed by atoms with van der Waals surface area (Å²) in [5.41, 5.74) is 5.52. The zero-order valence-electron chi connectivity index (χ0n) is 12.5. The summed E-state index contributed by atoms with van der Waals surface area (Å²) in [6.07, 6.45) is 0. The van der Waals surface area contributed by atoms with Gasteiger partial charge in [-0.1, -0.05) is 24.3 Å². The van der Waals surface area contributed by atoms with Gasteiger partial charge in [0.05, 0.1) is 11.3 Å². The van der Waals surface area contributed by atoms with Gasteiger partial charge in [-0.15, -0.1) is 0 Å². The summed E-state index contributed by atoms with van der Waals surface area (Å²) in [6, 6.07) is 8.42. The van der Waals surface area contributed by atoms with Crippen LogP contribution in [0.4, 0.5) is 5.69 Å². The molecule has 3 rings (SSSR count). The van der Waals surface area contributed by atoms with Crippen LogP contribution >= 0.6 is 0 Å². The van der Waals surface area contributed by atoms with Crippen molar-refractivity contribution in [1.29, 1.82) is 0 Å². The Balaban J connectivity index is 0.00000132. The first-order valence-corrected chi connectivity index (χ1v) is 7.35. The quantitative estimate of drug-likeness (QED) is 0.316. The van der Waals surface area contributed by atoms with Gasteiger partial charge in [0.2, 0.25) is 0 Å². The van der Waals surface area contributed by atoms with Gasteiger partial charge in [-0.25, -0.2) is 0 Å². The van der Waals surface area contributed by atoms with Crippen molar-refractivity contribution in [3.63, 3.8) is 0 Å². The number of benzene rings is 2. The molecule has 0 aliphatic heterocycles. The van der Waals surface area contributed by atoms with E-state index in [1.165, 1.54) is 18.2 Å². The van der Waals surface area contributed by atoms with Gasteiger partial charge < -0.3 is 7.16 Å². The second kappa shape index (κ2) is 5.60. The number of carbonyl (C=O) groups is 2. The molecule has 0 amide bonds. The van der Waals surface area contributed by atoms with E-state index in [0.717, 1.165) is 6.07 Å². The molecule has 22 heavy (non-hydrogen) atoms. The van der Waals surface area contributed by atoms with Crippen molar-refractivity contribution >= 4 is 27.4 Å². The fourth-order valence-electron chi connectivity index (χ4n) is 2.42. The molecule has 0 saturated carbocycles. The molecule has 6 nitrogen and oxygen atoms in total. The third-order valence-electron chi connectivity index (χ3n) is 3.37. The zero-order valence-corrected chi connectivity index (χ0v) is 14.3. The van der Waals surface area contributed by atoms with E-state index in [4.69, 9.17) is 10.3 Å². The average molecular weight is 327 g/mol.